The molecule has 0 aromatic heterocycles. The van der Waals surface area contributed by atoms with Gasteiger partial charge in [-0.05, 0) is 30.3 Å². The number of benzodiazepines with no additional fused rings is 1. The molecule has 0 saturated carbocycles. The molecule has 3 aromatic carbocycles. The Kier molecular flexibility index (Phi) is 6.36. The van der Waals surface area contributed by atoms with E-state index in [1.807, 2.05) is 54.6 Å². The molecule has 0 bridgehead atoms. The van der Waals surface area contributed by atoms with E-state index < -0.39 is 29.7 Å². The second-order valence-electron chi connectivity index (χ2n) is 7.66. The maximum Gasteiger partial charge on any atom is 0.416 e. The zero-order valence-electron chi connectivity index (χ0n) is 18.1. The zero-order valence-corrected chi connectivity index (χ0v) is 18.1. The van der Waals surface area contributed by atoms with Gasteiger partial charge < -0.3 is 15.5 Å². The zero-order chi connectivity index (χ0) is 24.3. The minimum atomic E-state index is -4.44. The molecule has 0 radical (unpaired) electrons. The van der Waals surface area contributed by atoms with Crippen molar-refractivity contribution in [2.45, 2.75) is 12.3 Å². The lowest BCUT2D eigenvalue weighted by Crippen LogP contribution is -2.47. The van der Waals surface area contributed by atoms with Gasteiger partial charge in [-0.2, -0.15) is 13.2 Å². The number of nitrogens with one attached hydrogen (secondary N) is 2. The molecular formula is C25H21F3N4O2. The summed E-state index contributed by atoms with van der Waals surface area (Å²) in [5.74, 6) is -0.949. The number of rotatable bonds is 5. The number of benzene rings is 3. The van der Waals surface area contributed by atoms with Crippen LogP contribution in [-0.2, 0) is 15.8 Å². The van der Waals surface area contributed by atoms with Gasteiger partial charge in [0.1, 0.15) is 0 Å². The first-order valence-corrected chi connectivity index (χ1v) is 10.4. The largest absolute Gasteiger partial charge is 0.416 e. The molecule has 0 spiro atoms. The van der Waals surface area contributed by atoms with Crippen molar-refractivity contribution in [3.8, 4) is 0 Å². The normalized spacial score (nSPS) is 15.8. The highest BCUT2D eigenvalue weighted by molar-refractivity contribution is 6.20. The van der Waals surface area contributed by atoms with E-state index in [-0.39, 0.29) is 6.54 Å². The number of likely N-dealkylation sites (N-methyl/N-ethyl adjacent to an activating group) is 1. The lowest BCUT2D eigenvalue weighted by molar-refractivity contribution is -0.137. The minimum absolute atomic E-state index is 0.248. The predicted molar refractivity (Wildman–Crippen MR) is 124 cm³/mol. The average Bonchev–Trinajstić information content (AvgIpc) is 2.94. The molecule has 2 N–H and O–H groups in total. The molecule has 4 rings (SSSR count). The van der Waals surface area contributed by atoms with E-state index in [0.717, 1.165) is 23.3 Å². The first-order chi connectivity index (χ1) is 16.2. The van der Waals surface area contributed by atoms with Gasteiger partial charge in [-0.3, -0.25) is 9.59 Å². The smallest absolute Gasteiger partial charge is 0.376 e. The van der Waals surface area contributed by atoms with E-state index >= 15 is 0 Å². The molecular weight excluding hydrogens is 445 g/mol. The number of carbonyl (C=O) groups excluding carboxylic acids is 2. The van der Waals surface area contributed by atoms with Crippen molar-refractivity contribution in [3.05, 3.63) is 95.6 Å². The third kappa shape index (κ3) is 4.93. The Morgan fingerprint density at radius 2 is 1.62 bits per heavy atom. The molecule has 6 nitrogen and oxygen atoms in total. The third-order valence-corrected chi connectivity index (χ3v) is 5.35. The van der Waals surface area contributed by atoms with Gasteiger partial charge in [-0.1, -0.05) is 48.5 Å². The highest BCUT2D eigenvalue weighted by Crippen LogP contribution is 2.30. The number of alkyl halides is 3. The predicted octanol–water partition coefficient (Wildman–Crippen LogP) is 4.07. The summed E-state index contributed by atoms with van der Waals surface area (Å²) in [4.78, 5) is 31.7. The molecule has 0 saturated heterocycles. The van der Waals surface area contributed by atoms with Gasteiger partial charge >= 0.3 is 6.18 Å². The summed E-state index contributed by atoms with van der Waals surface area (Å²) in [6.45, 7) is -0.248. The van der Waals surface area contributed by atoms with Crippen LogP contribution in [0.4, 0.5) is 24.5 Å². The average molecular weight is 466 g/mol. The van der Waals surface area contributed by atoms with Gasteiger partial charge in [0.15, 0.2) is 0 Å². The van der Waals surface area contributed by atoms with Crippen LogP contribution in [0, 0.1) is 0 Å². The summed E-state index contributed by atoms with van der Waals surface area (Å²) in [5.41, 5.74) is 2.33. The molecule has 3 aromatic rings. The number of amides is 2. The molecule has 1 heterocycles. The van der Waals surface area contributed by atoms with Crippen LogP contribution in [0.15, 0.2) is 83.9 Å². The van der Waals surface area contributed by atoms with Crippen LogP contribution in [0.3, 0.4) is 0 Å². The molecule has 1 aliphatic heterocycles. The van der Waals surface area contributed by atoms with Gasteiger partial charge in [-0.25, -0.2) is 4.99 Å². The number of para-hydroxylation sites is 1. The molecule has 1 aliphatic rings. The molecule has 0 aliphatic carbocycles. The van der Waals surface area contributed by atoms with Crippen molar-refractivity contribution >= 4 is 28.9 Å². The van der Waals surface area contributed by atoms with Crippen molar-refractivity contribution in [1.29, 1.82) is 0 Å². The number of anilines is 2. The Labute approximate surface area is 194 Å². The van der Waals surface area contributed by atoms with E-state index in [2.05, 4.69) is 15.6 Å². The number of halogens is 3. The second-order valence-corrected chi connectivity index (χ2v) is 7.66. The summed E-state index contributed by atoms with van der Waals surface area (Å²) in [6, 6.07) is 21.0. The third-order valence-electron chi connectivity index (χ3n) is 5.35. The quantitative estimate of drug-likeness (QED) is 0.595. The highest BCUT2D eigenvalue weighted by atomic mass is 19.4. The summed E-state index contributed by atoms with van der Waals surface area (Å²) in [7, 11) is 1.62. The van der Waals surface area contributed by atoms with Crippen LogP contribution in [0.2, 0.25) is 0 Å². The van der Waals surface area contributed by atoms with Crippen LogP contribution in [0.25, 0.3) is 0 Å². The Bertz CT molecular complexity index is 1220. The van der Waals surface area contributed by atoms with Gasteiger partial charge in [-0.15, -0.1) is 0 Å². The Morgan fingerprint density at radius 1 is 0.971 bits per heavy atom. The van der Waals surface area contributed by atoms with E-state index in [4.69, 9.17) is 0 Å². The van der Waals surface area contributed by atoms with Gasteiger partial charge in [0.25, 0.3) is 5.91 Å². The molecule has 2 amide bonds. The number of hydrogen-bond donors (Lipinski definition) is 2. The number of nitrogens with zero attached hydrogens (tertiary/aromatic N) is 2. The van der Waals surface area contributed by atoms with Crippen LogP contribution in [0.1, 0.15) is 16.7 Å². The lowest BCUT2D eigenvalue weighted by Gasteiger charge is -2.21. The first-order valence-electron chi connectivity index (χ1n) is 10.4. The number of hydrogen-bond acceptors (Lipinski definition) is 4. The Hall–Kier alpha value is -4.14. The minimum Gasteiger partial charge on any atom is -0.376 e. The maximum absolute atomic E-state index is 13.1. The lowest BCUT2D eigenvalue weighted by atomic mass is 10.0. The van der Waals surface area contributed by atoms with Crippen molar-refractivity contribution < 1.29 is 22.8 Å². The van der Waals surface area contributed by atoms with Crippen LogP contribution >= 0.6 is 0 Å². The fourth-order valence-electron chi connectivity index (χ4n) is 3.61. The maximum atomic E-state index is 13.1. The number of fused-ring (bicyclic) bond motifs is 1. The molecule has 9 heteroatoms. The van der Waals surface area contributed by atoms with E-state index in [1.165, 1.54) is 17.0 Å². The van der Waals surface area contributed by atoms with Crippen molar-refractivity contribution in [2.24, 2.45) is 4.99 Å². The van der Waals surface area contributed by atoms with Crippen molar-refractivity contribution in [2.75, 3.05) is 23.8 Å². The van der Waals surface area contributed by atoms with Crippen LogP contribution in [-0.4, -0.2) is 37.3 Å². The summed E-state index contributed by atoms with van der Waals surface area (Å²) in [5, 5.41) is 5.38. The molecule has 34 heavy (non-hydrogen) atoms. The molecule has 174 valence electrons. The summed E-state index contributed by atoms with van der Waals surface area (Å²) in [6.07, 6.45) is -5.61. The fraction of sp³-hybridized carbons (Fsp3) is 0.160. The summed E-state index contributed by atoms with van der Waals surface area (Å²) < 4.78 is 38.1. The number of carbonyl (C=O) groups is 2. The number of aliphatic imine (C=N–C) groups is 1. The van der Waals surface area contributed by atoms with Gasteiger partial charge in [0.05, 0.1) is 23.5 Å². The molecule has 0 fully saturated rings. The standard InChI is InChI=1S/C25H21F3N4O2/c1-32-20-10-6-5-9-19(20)22(16-7-3-2-4-8-16)31-23(24(32)34)30-21(33)15-29-18-13-11-17(12-14-18)25(26,27)28/h2-14,23,29H,15H2,1H3,(H,30,33)/t23-/m1/s1. The topological polar surface area (TPSA) is 73.8 Å². The van der Waals surface area contributed by atoms with Gasteiger partial charge in [0, 0.05) is 23.9 Å². The van der Waals surface area contributed by atoms with Crippen LogP contribution < -0.4 is 15.5 Å². The highest BCUT2D eigenvalue weighted by Gasteiger charge is 2.31. The Balaban J connectivity index is 1.54. The first kappa shape index (κ1) is 23.0. The van der Waals surface area contributed by atoms with Crippen molar-refractivity contribution in [1.82, 2.24) is 5.32 Å². The van der Waals surface area contributed by atoms with Gasteiger partial charge in [0.2, 0.25) is 12.1 Å². The second kappa shape index (κ2) is 9.38. The monoisotopic (exact) mass is 466 g/mol. The SMILES string of the molecule is CN1C(=O)[C@H](NC(=O)CNc2ccc(C(F)(F)F)cc2)N=C(c2ccccc2)c2ccccc21. The van der Waals surface area contributed by atoms with Crippen LogP contribution in [0.5, 0.6) is 0 Å². The summed E-state index contributed by atoms with van der Waals surface area (Å²) >= 11 is 0. The van der Waals surface area contributed by atoms with Crippen molar-refractivity contribution in [3.63, 3.8) is 0 Å². The molecule has 1 atom stereocenters. The van der Waals surface area contributed by atoms with E-state index in [1.54, 1.807) is 7.05 Å². The fourth-order valence-corrected chi connectivity index (χ4v) is 3.61. The van der Waals surface area contributed by atoms with E-state index in [0.29, 0.717) is 17.1 Å². The van der Waals surface area contributed by atoms with E-state index in [9.17, 15) is 22.8 Å². The Morgan fingerprint density at radius 3 is 2.29 bits per heavy atom. The molecule has 0 unspecified atom stereocenters.